The van der Waals surface area contributed by atoms with Crippen molar-refractivity contribution in [3.8, 4) is 0 Å². The molecule has 9 heavy (non-hydrogen) atoms. The van der Waals surface area contributed by atoms with Crippen molar-refractivity contribution in [3.05, 3.63) is 0 Å². The molecule has 1 fully saturated rings. The second-order valence-corrected chi connectivity index (χ2v) is 3.45. The lowest BCUT2D eigenvalue weighted by atomic mass is 10.6. The molecule has 1 saturated heterocycles. The van der Waals surface area contributed by atoms with E-state index >= 15 is 0 Å². The Morgan fingerprint density at radius 1 is 1.89 bits per heavy atom. The maximum atomic E-state index is 10.7. The van der Waals surface area contributed by atoms with E-state index in [1.54, 1.807) is 0 Å². The van der Waals surface area contributed by atoms with E-state index in [9.17, 15) is 4.79 Å². The van der Waals surface area contributed by atoms with Crippen LogP contribution in [0.4, 0.5) is 0 Å². The highest BCUT2D eigenvalue weighted by atomic mass is 32.2. The van der Waals surface area contributed by atoms with Crippen LogP contribution >= 0.6 is 24.0 Å². The molecule has 1 aliphatic heterocycles. The third-order valence-electron chi connectivity index (χ3n) is 1.16. The first-order valence-electron chi connectivity index (χ1n) is 2.73. The van der Waals surface area contributed by atoms with Crippen LogP contribution in [-0.2, 0) is 4.79 Å². The van der Waals surface area contributed by atoms with Crippen molar-refractivity contribution in [3.63, 3.8) is 0 Å². The molecule has 1 rings (SSSR count). The minimum atomic E-state index is 0.168. The van der Waals surface area contributed by atoms with Crippen LogP contribution in [0.3, 0.4) is 0 Å². The van der Waals surface area contributed by atoms with Crippen molar-refractivity contribution in [2.45, 2.75) is 6.92 Å². The molecule has 0 aromatic rings. The van der Waals surface area contributed by atoms with Crippen LogP contribution < -0.4 is 0 Å². The molecule has 0 unspecified atom stereocenters. The molecule has 0 N–H and O–H groups in total. The number of hydrogen-bond acceptors (Lipinski definition) is 3. The molecule has 1 heterocycles. The van der Waals surface area contributed by atoms with Crippen LogP contribution in [-0.4, -0.2) is 27.4 Å². The summed E-state index contributed by atoms with van der Waals surface area (Å²) < 4.78 is 0.725. The van der Waals surface area contributed by atoms with Gasteiger partial charge in [0, 0.05) is 6.54 Å². The van der Waals surface area contributed by atoms with Gasteiger partial charge in [0.05, 0.1) is 6.54 Å². The summed E-state index contributed by atoms with van der Waals surface area (Å²) in [5.74, 6) is 0. The fourth-order valence-electron chi connectivity index (χ4n) is 0.655. The Bertz CT molecular complexity index is 157. The monoisotopic (exact) mass is 161 g/mol. The summed E-state index contributed by atoms with van der Waals surface area (Å²) in [5, 5.41) is 0.168. The lowest BCUT2D eigenvalue weighted by Crippen LogP contribution is -2.22. The summed E-state index contributed by atoms with van der Waals surface area (Å²) in [4.78, 5) is 12.5. The summed E-state index contributed by atoms with van der Waals surface area (Å²) >= 11 is 6.06. The van der Waals surface area contributed by atoms with E-state index in [0.717, 1.165) is 10.9 Å². The largest absolute Gasteiger partial charge is 0.349 e. The predicted octanol–water partition coefficient (Wildman–Crippen LogP) is 0.867. The Morgan fingerprint density at radius 2 is 2.56 bits per heavy atom. The lowest BCUT2D eigenvalue weighted by Gasteiger charge is -2.10. The van der Waals surface area contributed by atoms with Crippen molar-refractivity contribution in [1.82, 2.24) is 4.90 Å². The van der Waals surface area contributed by atoms with E-state index in [0.29, 0.717) is 6.54 Å². The van der Waals surface area contributed by atoms with E-state index in [-0.39, 0.29) is 5.12 Å². The average molecular weight is 161 g/mol. The molecule has 0 aromatic heterocycles. The van der Waals surface area contributed by atoms with Crippen LogP contribution in [0.25, 0.3) is 0 Å². The summed E-state index contributed by atoms with van der Waals surface area (Å²) in [6.07, 6.45) is 0. The Labute approximate surface area is 63.6 Å². The van der Waals surface area contributed by atoms with Gasteiger partial charge >= 0.3 is 0 Å². The van der Waals surface area contributed by atoms with Crippen LogP contribution in [0.15, 0.2) is 0 Å². The summed E-state index contributed by atoms with van der Waals surface area (Å²) in [7, 11) is 0. The van der Waals surface area contributed by atoms with Crippen molar-refractivity contribution in [2.75, 3.05) is 13.1 Å². The van der Waals surface area contributed by atoms with Gasteiger partial charge in [-0.2, -0.15) is 0 Å². The molecular formula is C5H7NOS2. The van der Waals surface area contributed by atoms with Gasteiger partial charge < -0.3 is 4.90 Å². The number of rotatable bonds is 1. The second kappa shape index (κ2) is 2.66. The standard InChI is InChI=1S/C5H7NOS2/c1-2-6-3-4(7)9-5(6)8/h2-3H2,1H3. The molecule has 0 aromatic carbocycles. The van der Waals surface area contributed by atoms with E-state index in [1.807, 2.05) is 11.8 Å². The van der Waals surface area contributed by atoms with Gasteiger partial charge in [0.15, 0.2) is 0 Å². The van der Waals surface area contributed by atoms with Crippen molar-refractivity contribution >= 4 is 33.4 Å². The molecule has 1 aliphatic rings. The minimum Gasteiger partial charge on any atom is -0.349 e. The zero-order chi connectivity index (χ0) is 6.85. The topological polar surface area (TPSA) is 20.3 Å². The molecule has 4 heteroatoms. The first kappa shape index (κ1) is 7.02. The Hall–Kier alpha value is -0.0900. The first-order chi connectivity index (χ1) is 4.24. The van der Waals surface area contributed by atoms with Crippen molar-refractivity contribution in [1.29, 1.82) is 0 Å². The van der Waals surface area contributed by atoms with E-state index < -0.39 is 0 Å². The van der Waals surface area contributed by atoms with Gasteiger partial charge in [0.25, 0.3) is 0 Å². The fraction of sp³-hybridized carbons (Fsp3) is 0.600. The van der Waals surface area contributed by atoms with Gasteiger partial charge in [-0.1, -0.05) is 12.2 Å². The maximum Gasteiger partial charge on any atom is 0.215 e. The summed E-state index contributed by atoms with van der Waals surface area (Å²) in [6, 6.07) is 0. The molecule has 50 valence electrons. The Kier molecular flexibility index (Phi) is 2.08. The number of carbonyl (C=O) groups is 1. The number of likely N-dealkylation sites (N-methyl/N-ethyl adjacent to an activating group) is 1. The van der Waals surface area contributed by atoms with Crippen molar-refractivity contribution in [2.24, 2.45) is 0 Å². The first-order valence-corrected chi connectivity index (χ1v) is 3.96. The Balaban J connectivity index is 2.58. The zero-order valence-corrected chi connectivity index (χ0v) is 6.72. The zero-order valence-electron chi connectivity index (χ0n) is 5.09. The van der Waals surface area contributed by atoms with Gasteiger partial charge in [-0.05, 0) is 18.7 Å². The summed E-state index contributed by atoms with van der Waals surface area (Å²) in [6.45, 7) is 3.34. The van der Waals surface area contributed by atoms with E-state index in [2.05, 4.69) is 0 Å². The van der Waals surface area contributed by atoms with Crippen LogP contribution in [0.1, 0.15) is 6.92 Å². The molecular weight excluding hydrogens is 154 g/mol. The highest BCUT2D eigenvalue weighted by Crippen LogP contribution is 2.18. The summed E-state index contributed by atoms with van der Waals surface area (Å²) in [5.41, 5.74) is 0. The molecule has 0 radical (unpaired) electrons. The number of carbonyl (C=O) groups excluding carboxylic acids is 1. The van der Waals surface area contributed by atoms with Crippen LogP contribution in [0.2, 0.25) is 0 Å². The Morgan fingerprint density at radius 3 is 2.78 bits per heavy atom. The maximum absolute atomic E-state index is 10.7. The highest BCUT2D eigenvalue weighted by molar-refractivity contribution is 8.33. The van der Waals surface area contributed by atoms with Gasteiger partial charge in [-0.25, -0.2) is 0 Å². The number of thioether (sulfide) groups is 1. The van der Waals surface area contributed by atoms with Crippen LogP contribution in [0.5, 0.6) is 0 Å². The smallest absolute Gasteiger partial charge is 0.215 e. The SMILES string of the molecule is CCN1CC(=O)SC1=S. The minimum absolute atomic E-state index is 0.168. The number of hydrogen-bond donors (Lipinski definition) is 0. The fourth-order valence-corrected chi connectivity index (χ4v) is 1.87. The second-order valence-electron chi connectivity index (χ2n) is 1.75. The number of nitrogens with zero attached hydrogens (tertiary/aromatic N) is 1. The predicted molar refractivity (Wildman–Crippen MR) is 42.4 cm³/mol. The van der Waals surface area contributed by atoms with Crippen molar-refractivity contribution < 1.29 is 4.79 Å². The molecule has 0 bridgehead atoms. The van der Waals surface area contributed by atoms with Gasteiger partial charge in [0.2, 0.25) is 5.12 Å². The third-order valence-corrected chi connectivity index (χ3v) is 2.46. The lowest BCUT2D eigenvalue weighted by molar-refractivity contribution is -0.110. The molecule has 0 aliphatic carbocycles. The quantitative estimate of drug-likeness (QED) is 0.531. The van der Waals surface area contributed by atoms with Gasteiger partial charge in [0.1, 0.15) is 4.32 Å². The van der Waals surface area contributed by atoms with E-state index in [4.69, 9.17) is 12.2 Å². The average Bonchev–Trinajstić information content (AvgIpc) is 2.10. The third kappa shape index (κ3) is 1.43. The molecule has 0 spiro atoms. The number of thiocarbonyl (C=S) groups is 1. The molecule has 0 saturated carbocycles. The van der Waals surface area contributed by atoms with Gasteiger partial charge in [-0.15, -0.1) is 0 Å². The van der Waals surface area contributed by atoms with Crippen LogP contribution in [0, 0.1) is 0 Å². The normalized spacial score (nSPS) is 19.4. The highest BCUT2D eigenvalue weighted by Gasteiger charge is 2.22. The van der Waals surface area contributed by atoms with E-state index in [1.165, 1.54) is 11.8 Å². The molecule has 0 atom stereocenters. The molecule has 0 amide bonds. The molecule has 2 nitrogen and oxygen atoms in total. The van der Waals surface area contributed by atoms with Gasteiger partial charge in [-0.3, -0.25) is 4.79 Å².